The van der Waals surface area contributed by atoms with Crippen LogP contribution in [0, 0.1) is 0 Å². The first-order valence-corrected chi connectivity index (χ1v) is 5.34. The lowest BCUT2D eigenvalue weighted by Crippen LogP contribution is -2.19. The van der Waals surface area contributed by atoms with Crippen molar-refractivity contribution in [2.24, 2.45) is 0 Å². The van der Waals surface area contributed by atoms with Gasteiger partial charge in [0.15, 0.2) is 0 Å². The van der Waals surface area contributed by atoms with Crippen molar-refractivity contribution < 1.29 is 9.53 Å². The number of benzene rings is 1. The summed E-state index contributed by atoms with van der Waals surface area (Å²) in [7, 11) is 1.58. The Hall–Kier alpha value is -1.48. The van der Waals surface area contributed by atoms with Crippen LogP contribution in [0.3, 0.4) is 0 Å². The molecule has 3 nitrogen and oxygen atoms in total. The van der Waals surface area contributed by atoms with E-state index in [1.807, 2.05) is 6.92 Å². The van der Waals surface area contributed by atoms with Gasteiger partial charge in [0.25, 0.3) is 0 Å². The molecule has 1 rings (SSSR count). The van der Waals surface area contributed by atoms with Crippen LogP contribution in [0.25, 0.3) is 6.08 Å². The molecule has 0 aliphatic heterocycles. The second-order valence-electron chi connectivity index (χ2n) is 3.11. The summed E-state index contributed by atoms with van der Waals surface area (Å²) >= 11 is 5.86. The first-order valence-electron chi connectivity index (χ1n) is 4.96. The lowest BCUT2D eigenvalue weighted by Gasteiger charge is -2.04. The van der Waals surface area contributed by atoms with E-state index in [1.165, 1.54) is 6.08 Å². The fourth-order valence-electron chi connectivity index (χ4n) is 1.23. The van der Waals surface area contributed by atoms with Crippen molar-refractivity contribution in [3.63, 3.8) is 0 Å². The first kappa shape index (κ1) is 12.6. The molecule has 0 saturated carbocycles. The van der Waals surface area contributed by atoms with E-state index in [2.05, 4.69) is 5.32 Å². The Morgan fingerprint density at radius 2 is 2.31 bits per heavy atom. The number of carbonyl (C=O) groups is 1. The summed E-state index contributed by atoms with van der Waals surface area (Å²) in [6.07, 6.45) is 3.13. The zero-order chi connectivity index (χ0) is 12.0. The number of ether oxygens (including phenoxy) is 1. The van der Waals surface area contributed by atoms with Crippen molar-refractivity contribution in [3.05, 3.63) is 34.9 Å². The maximum absolute atomic E-state index is 11.2. The molecular formula is C12H14ClNO2. The minimum atomic E-state index is -0.135. The molecule has 4 heteroatoms. The van der Waals surface area contributed by atoms with Crippen LogP contribution in [0.5, 0.6) is 5.75 Å². The molecule has 1 aromatic carbocycles. The van der Waals surface area contributed by atoms with Gasteiger partial charge in [-0.15, -0.1) is 0 Å². The number of methoxy groups -OCH3 is 1. The normalized spacial score (nSPS) is 10.4. The van der Waals surface area contributed by atoms with E-state index < -0.39 is 0 Å². The van der Waals surface area contributed by atoms with Gasteiger partial charge in [0.2, 0.25) is 5.91 Å². The van der Waals surface area contributed by atoms with E-state index in [4.69, 9.17) is 16.3 Å². The lowest BCUT2D eigenvalue weighted by molar-refractivity contribution is -0.116. The van der Waals surface area contributed by atoms with Crippen molar-refractivity contribution >= 4 is 23.6 Å². The van der Waals surface area contributed by atoms with Crippen LogP contribution in [0.4, 0.5) is 0 Å². The van der Waals surface area contributed by atoms with Crippen molar-refractivity contribution in [1.82, 2.24) is 5.32 Å². The number of hydrogen-bond acceptors (Lipinski definition) is 2. The SMILES string of the molecule is CCNC(=O)C=Cc1cc(Cl)ccc1OC. The van der Waals surface area contributed by atoms with Gasteiger partial charge in [-0.2, -0.15) is 0 Å². The Morgan fingerprint density at radius 3 is 2.94 bits per heavy atom. The highest BCUT2D eigenvalue weighted by molar-refractivity contribution is 6.30. The zero-order valence-electron chi connectivity index (χ0n) is 9.29. The number of nitrogens with one attached hydrogen (secondary N) is 1. The topological polar surface area (TPSA) is 38.3 Å². The van der Waals surface area contributed by atoms with Crippen LogP contribution < -0.4 is 10.1 Å². The molecule has 0 aliphatic rings. The molecule has 0 atom stereocenters. The average molecular weight is 240 g/mol. The molecule has 0 saturated heterocycles. The maximum atomic E-state index is 11.2. The molecule has 0 unspecified atom stereocenters. The van der Waals surface area contributed by atoms with Crippen LogP contribution in [0.15, 0.2) is 24.3 Å². The molecule has 0 radical (unpaired) electrons. The van der Waals surface area contributed by atoms with Gasteiger partial charge in [0.1, 0.15) is 5.75 Å². The van der Waals surface area contributed by atoms with E-state index in [9.17, 15) is 4.79 Å². The predicted octanol–water partition coefficient (Wildman–Crippen LogP) is 2.50. The average Bonchev–Trinajstić information content (AvgIpc) is 2.27. The molecule has 1 aromatic rings. The molecule has 0 aliphatic carbocycles. The van der Waals surface area contributed by atoms with Gasteiger partial charge >= 0.3 is 0 Å². The standard InChI is InChI=1S/C12H14ClNO2/c1-3-14-12(15)7-4-9-8-10(13)5-6-11(9)16-2/h4-8H,3H2,1-2H3,(H,14,15). The van der Waals surface area contributed by atoms with Crippen LogP contribution in [-0.4, -0.2) is 19.6 Å². The van der Waals surface area contributed by atoms with Gasteiger partial charge in [-0.3, -0.25) is 4.79 Å². The highest BCUT2D eigenvalue weighted by Crippen LogP contribution is 2.23. The second kappa shape index (κ2) is 6.18. The molecule has 86 valence electrons. The van der Waals surface area contributed by atoms with E-state index in [0.717, 1.165) is 5.56 Å². The maximum Gasteiger partial charge on any atom is 0.243 e. The van der Waals surface area contributed by atoms with Crippen molar-refractivity contribution in [3.8, 4) is 5.75 Å². The predicted molar refractivity (Wildman–Crippen MR) is 65.7 cm³/mol. The van der Waals surface area contributed by atoms with Crippen LogP contribution in [0.2, 0.25) is 5.02 Å². The fraction of sp³-hybridized carbons (Fsp3) is 0.250. The summed E-state index contributed by atoms with van der Waals surface area (Å²) in [6.45, 7) is 2.47. The fourth-order valence-corrected chi connectivity index (χ4v) is 1.41. The van der Waals surface area contributed by atoms with E-state index >= 15 is 0 Å². The van der Waals surface area contributed by atoms with Gasteiger partial charge < -0.3 is 10.1 Å². The van der Waals surface area contributed by atoms with E-state index in [1.54, 1.807) is 31.4 Å². The summed E-state index contributed by atoms with van der Waals surface area (Å²) in [5.41, 5.74) is 0.779. The van der Waals surface area contributed by atoms with Crippen LogP contribution in [-0.2, 0) is 4.79 Å². The molecule has 16 heavy (non-hydrogen) atoms. The molecule has 1 amide bonds. The molecular weight excluding hydrogens is 226 g/mol. The number of amides is 1. The third-order valence-corrected chi connectivity index (χ3v) is 2.19. The molecule has 0 bridgehead atoms. The number of carbonyl (C=O) groups excluding carboxylic acids is 1. The van der Waals surface area contributed by atoms with Crippen molar-refractivity contribution in [2.45, 2.75) is 6.92 Å². The Bertz CT molecular complexity index is 402. The number of hydrogen-bond donors (Lipinski definition) is 1. The quantitative estimate of drug-likeness (QED) is 0.820. The van der Waals surface area contributed by atoms with E-state index in [-0.39, 0.29) is 5.91 Å². The molecule has 0 aromatic heterocycles. The summed E-state index contributed by atoms with van der Waals surface area (Å²) in [4.78, 5) is 11.2. The lowest BCUT2D eigenvalue weighted by atomic mass is 10.2. The third-order valence-electron chi connectivity index (χ3n) is 1.96. The summed E-state index contributed by atoms with van der Waals surface area (Å²) < 4.78 is 5.15. The largest absolute Gasteiger partial charge is 0.496 e. The monoisotopic (exact) mass is 239 g/mol. The molecule has 0 heterocycles. The number of halogens is 1. The second-order valence-corrected chi connectivity index (χ2v) is 3.55. The van der Waals surface area contributed by atoms with Gasteiger partial charge in [-0.05, 0) is 31.2 Å². The molecule has 0 spiro atoms. The van der Waals surface area contributed by atoms with Crippen LogP contribution >= 0.6 is 11.6 Å². The zero-order valence-corrected chi connectivity index (χ0v) is 10.0. The highest BCUT2D eigenvalue weighted by atomic mass is 35.5. The highest BCUT2D eigenvalue weighted by Gasteiger charge is 2.01. The van der Waals surface area contributed by atoms with Gasteiger partial charge in [-0.25, -0.2) is 0 Å². The summed E-state index contributed by atoms with van der Waals surface area (Å²) in [5, 5.41) is 3.28. The van der Waals surface area contributed by atoms with Crippen molar-refractivity contribution in [2.75, 3.05) is 13.7 Å². The summed E-state index contributed by atoms with van der Waals surface area (Å²) in [6, 6.07) is 5.25. The van der Waals surface area contributed by atoms with Crippen molar-refractivity contribution in [1.29, 1.82) is 0 Å². The van der Waals surface area contributed by atoms with Crippen LogP contribution in [0.1, 0.15) is 12.5 Å². The Balaban J connectivity index is 2.86. The third kappa shape index (κ3) is 3.59. The Labute approximate surface area is 100 Å². The number of likely N-dealkylation sites (N-methyl/N-ethyl adjacent to an activating group) is 1. The number of rotatable bonds is 4. The Morgan fingerprint density at radius 1 is 1.56 bits per heavy atom. The van der Waals surface area contributed by atoms with E-state index in [0.29, 0.717) is 17.3 Å². The molecule has 0 fully saturated rings. The molecule has 1 N–H and O–H groups in total. The van der Waals surface area contributed by atoms with Gasteiger partial charge in [0.05, 0.1) is 7.11 Å². The van der Waals surface area contributed by atoms with Gasteiger partial charge in [0, 0.05) is 23.2 Å². The minimum absolute atomic E-state index is 0.135. The van der Waals surface area contributed by atoms with Gasteiger partial charge in [-0.1, -0.05) is 11.6 Å². The Kier molecular flexibility index (Phi) is 4.86. The first-order chi connectivity index (χ1) is 7.67. The minimum Gasteiger partial charge on any atom is -0.496 e. The smallest absolute Gasteiger partial charge is 0.243 e. The summed E-state index contributed by atoms with van der Waals surface area (Å²) in [5.74, 6) is 0.550.